The predicted molar refractivity (Wildman–Crippen MR) is 106 cm³/mol. The molecule has 3 aromatic carbocycles. The summed E-state index contributed by atoms with van der Waals surface area (Å²) in [7, 11) is 0. The highest BCUT2D eigenvalue weighted by atomic mass is 16.5. The number of fused-ring (bicyclic) bond motifs is 1. The molecule has 27 heavy (non-hydrogen) atoms. The zero-order valence-corrected chi connectivity index (χ0v) is 14.7. The standard InChI is InChI=1S/C22H19N3O2/c26-22(14-15-25-21-9-5-4-6-17(21)16-23-25)24-18-10-12-20(13-11-18)27-19-7-2-1-3-8-19/h1-13,16H,14-15H2,(H,24,26). The van der Waals surface area contributed by atoms with Crippen LogP contribution in [-0.4, -0.2) is 15.7 Å². The molecule has 0 atom stereocenters. The van der Waals surface area contributed by atoms with Crippen molar-refractivity contribution in [2.45, 2.75) is 13.0 Å². The van der Waals surface area contributed by atoms with Gasteiger partial charge in [-0.2, -0.15) is 5.10 Å². The lowest BCUT2D eigenvalue weighted by Gasteiger charge is -2.08. The molecule has 5 nitrogen and oxygen atoms in total. The molecule has 1 heterocycles. The van der Waals surface area contributed by atoms with Gasteiger partial charge in [0.1, 0.15) is 11.5 Å². The first kappa shape index (κ1) is 16.8. The van der Waals surface area contributed by atoms with Crippen LogP contribution < -0.4 is 10.1 Å². The summed E-state index contributed by atoms with van der Waals surface area (Å²) in [4.78, 5) is 12.2. The molecule has 1 N–H and O–H groups in total. The largest absolute Gasteiger partial charge is 0.457 e. The summed E-state index contributed by atoms with van der Waals surface area (Å²) < 4.78 is 7.60. The number of hydrogen-bond acceptors (Lipinski definition) is 3. The first-order valence-corrected chi connectivity index (χ1v) is 8.81. The lowest BCUT2D eigenvalue weighted by atomic mass is 10.2. The van der Waals surface area contributed by atoms with E-state index in [1.807, 2.05) is 89.7 Å². The Morgan fingerprint density at radius 1 is 0.889 bits per heavy atom. The van der Waals surface area contributed by atoms with Crippen molar-refractivity contribution in [1.82, 2.24) is 9.78 Å². The highest BCUT2D eigenvalue weighted by Gasteiger charge is 2.06. The monoisotopic (exact) mass is 357 g/mol. The van der Waals surface area contributed by atoms with Crippen LogP contribution in [-0.2, 0) is 11.3 Å². The Kier molecular flexibility index (Phi) is 4.83. The van der Waals surface area contributed by atoms with E-state index in [1.165, 1.54) is 0 Å². The van der Waals surface area contributed by atoms with Gasteiger partial charge in [0.05, 0.1) is 18.3 Å². The number of benzene rings is 3. The second-order valence-corrected chi connectivity index (χ2v) is 6.16. The minimum Gasteiger partial charge on any atom is -0.457 e. The predicted octanol–water partition coefficient (Wildman–Crippen LogP) is 4.86. The minimum absolute atomic E-state index is 0.0497. The van der Waals surface area contributed by atoms with Gasteiger partial charge in [-0.15, -0.1) is 0 Å². The van der Waals surface area contributed by atoms with Crippen LogP contribution in [0.2, 0.25) is 0 Å². The van der Waals surface area contributed by atoms with Crippen LogP contribution in [0.15, 0.2) is 85.1 Å². The third kappa shape index (κ3) is 4.15. The maximum atomic E-state index is 12.2. The number of rotatable bonds is 6. The van der Waals surface area contributed by atoms with Crippen molar-refractivity contribution in [3.63, 3.8) is 0 Å². The van der Waals surface area contributed by atoms with Crippen molar-refractivity contribution in [2.24, 2.45) is 0 Å². The number of hydrogen-bond donors (Lipinski definition) is 1. The minimum atomic E-state index is -0.0497. The maximum Gasteiger partial charge on any atom is 0.226 e. The van der Waals surface area contributed by atoms with Gasteiger partial charge in [0.25, 0.3) is 0 Å². The number of anilines is 1. The van der Waals surface area contributed by atoms with Gasteiger partial charge in [-0.05, 0) is 42.5 Å². The van der Waals surface area contributed by atoms with Gasteiger partial charge < -0.3 is 10.1 Å². The van der Waals surface area contributed by atoms with Crippen molar-refractivity contribution in [2.75, 3.05) is 5.32 Å². The Hall–Kier alpha value is -3.60. The van der Waals surface area contributed by atoms with Gasteiger partial charge in [-0.3, -0.25) is 9.48 Å². The van der Waals surface area contributed by atoms with Gasteiger partial charge >= 0.3 is 0 Å². The Labute approximate surface area is 157 Å². The van der Waals surface area contributed by atoms with Crippen LogP contribution in [0.25, 0.3) is 10.9 Å². The van der Waals surface area contributed by atoms with E-state index in [2.05, 4.69) is 10.4 Å². The first-order valence-electron chi connectivity index (χ1n) is 8.81. The van der Waals surface area contributed by atoms with Crippen LogP contribution in [0.3, 0.4) is 0 Å². The van der Waals surface area contributed by atoms with E-state index in [0.717, 1.165) is 28.1 Å². The van der Waals surface area contributed by atoms with E-state index in [0.29, 0.717) is 13.0 Å². The molecule has 134 valence electrons. The number of carbonyl (C=O) groups is 1. The van der Waals surface area contributed by atoms with E-state index >= 15 is 0 Å². The summed E-state index contributed by atoms with van der Waals surface area (Å²) in [5.41, 5.74) is 1.78. The van der Waals surface area contributed by atoms with Crippen molar-refractivity contribution in [1.29, 1.82) is 0 Å². The number of nitrogens with zero attached hydrogens (tertiary/aromatic N) is 2. The quantitative estimate of drug-likeness (QED) is 0.536. The molecule has 0 radical (unpaired) electrons. The summed E-state index contributed by atoms with van der Waals surface area (Å²) in [5, 5.41) is 8.33. The highest BCUT2D eigenvalue weighted by Crippen LogP contribution is 2.22. The molecule has 0 fully saturated rings. The van der Waals surface area contributed by atoms with E-state index in [1.54, 1.807) is 0 Å². The number of aromatic nitrogens is 2. The zero-order valence-electron chi connectivity index (χ0n) is 14.7. The fraction of sp³-hybridized carbons (Fsp3) is 0.0909. The second kappa shape index (κ2) is 7.74. The van der Waals surface area contributed by atoms with Gasteiger partial charge in [-0.25, -0.2) is 0 Å². The molecule has 0 saturated heterocycles. The van der Waals surface area contributed by atoms with Crippen LogP contribution >= 0.6 is 0 Å². The number of ether oxygens (including phenoxy) is 1. The number of para-hydroxylation sites is 2. The Morgan fingerprint density at radius 2 is 1.59 bits per heavy atom. The third-order valence-corrected chi connectivity index (χ3v) is 4.22. The summed E-state index contributed by atoms with van der Waals surface area (Å²) in [6.45, 7) is 0.536. The number of nitrogens with one attached hydrogen (secondary N) is 1. The Balaban J connectivity index is 1.33. The third-order valence-electron chi connectivity index (χ3n) is 4.22. The van der Waals surface area contributed by atoms with E-state index in [4.69, 9.17) is 4.74 Å². The van der Waals surface area contributed by atoms with Gasteiger partial charge in [-0.1, -0.05) is 36.4 Å². The smallest absolute Gasteiger partial charge is 0.226 e. The van der Waals surface area contributed by atoms with Gasteiger partial charge in [0, 0.05) is 17.5 Å². The molecule has 4 rings (SSSR count). The Morgan fingerprint density at radius 3 is 2.41 bits per heavy atom. The Bertz CT molecular complexity index is 1040. The molecule has 1 amide bonds. The number of carbonyl (C=O) groups excluding carboxylic acids is 1. The van der Waals surface area contributed by atoms with Crippen LogP contribution in [0.5, 0.6) is 11.5 Å². The van der Waals surface area contributed by atoms with Gasteiger partial charge in [0.15, 0.2) is 0 Å². The average Bonchev–Trinajstić information content (AvgIpc) is 3.12. The molecule has 0 saturated carbocycles. The topological polar surface area (TPSA) is 56.2 Å². The molecule has 4 aromatic rings. The molecule has 0 spiro atoms. The second-order valence-electron chi connectivity index (χ2n) is 6.16. The summed E-state index contributed by atoms with van der Waals surface area (Å²) >= 11 is 0. The van der Waals surface area contributed by atoms with Crippen LogP contribution in [0.1, 0.15) is 6.42 Å². The molecule has 5 heteroatoms. The zero-order chi connectivity index (χ0) is 18.5. The fourth-order valence-electron chi connectivity index (χ4n) is 2.87. The first-order chi connectivity index (χ1) is 13.3. The molecule has 0 aliphatic carbocycles. The van der Waals surface area contributed by atoms with Crippen LogP contribution in [0, 0.1) is 0 Å². The fourth-order valence-corrected chi connectivity index (χ4v) is 2.87. The average molecular weight is 357 g/mol. The van der Waals surface area contributed by atoms with Gasteiger partial charge in [0.2, 0.25) is 5.91 Å². The molecule has 0 aliphatic heterocycles. The normalized spacial score (nSPS) is 10.7. The number of amides is 1. The lowest BCUT2D eigenvalue weighted by Crippen LogP contribution is -2.14. The molecular formula is C22H19N3O2. The summed E-state index contributed by atoms with van der Waals surface area (Å²) in [5.74, 6) is 1.45. The SMILES string of the molecule is O=C(CCn1ncc2ccccc21)Nc1ccc(Oc2ccccc2)cc1. The molecular weight excluding hydrogens is 338 g/mol. The van der Waals surface area contributed by atoms with E-state index < -0.39 is 0 Å². The van der Waals surface area contributed by atoms with Crippen molar-refractivity contribution < 1.29 is 9.53 Å². The summed E-state index contributed by atoms with van der Waals surface area (Å²) in [6, 6.07) is 24.9. The molecule has 1 aromatic heterocycles. The van der Waals surface area contributed by atoms with E-state index in [9.17, 15) is 4.79 Å². The van der Waals surface area contributed by atoms with Crippen molar-refractivity contribution >= 4 is 22.5 Å². The maximum absolute atomic E-state index is 12.2. The summed E-state index contributed by atoms with van der Waals surface area (Å²) in [6.07, 6.45) is 2.17. The van der Waals surface area contributed by atoms with Crippen LogP contribution in [0.4, 0.5) is 5.69 Å². The van der Waals surface area contributed by atoms with Crippen molar-refractivity contribution in [3.8, 4) is 11.5 Å². The highest BCUT2D eigenvalue weighted by molar-refractivity contribution is 5.90. The number of aryl methyl sites for hydroxylation is 1. The lowest BCUT2D eigenvalue weighted by molar-refractivity contribution is -0.116. The molecule has 0 aliphatic rings. The molecule has 0 unspecified atom stereocenters. The van der Waals surface area contributed by atoms with E-state index in [-0.39, 0.29) is 5.91 Å². The molecule has 0 bridgehead atoms. The van der Waals surface area contributed by atoms with Crippen molar-refractivity contribution in [3.05, 3.63) is 85.1 Å².